The molecule has 1 atom stereocenters. The fraction of sp³-hybridized carbons (Fsp3) is 0.636. The molecule has 0 saturated carbocycles. The average molecular weight is 452 g/mol. The van der Waals surface area contributed by atoms with E-state index >= 15 is 0 Å². The zero-order valence-electron chi connectivity index (χ0n) is 10.1. The molecule has 0 radical (unpaired) electrons. The fourth-order valence-electron chi connectivity index (χ4n) is 2.30. The SMILES string of the molecule is O=S(=O)(c1cc(Cl)c(Br)s1)N1CCCC1CCCBr. The maximum atomic E-state index is 12.6. The Kier molecular flexibility index (Phi) is 5.77. The monoisotopic (exact) mass is 449 g/mol. The highest BCUT2D eigenvalue weighted by atomic mass is 79.9. The van der Waals surface area contributed by atoms with Crippen molar-refractivity contribution in [2.75, 3.05) is 11.9 Å². The maximum Gasteiger partial charge on any atom is 0.252 e. The molecule has 0 bridgehead atoms. The van der Waals surface area contributed by atoms with Crippen LogP contribution in [0.2, 0.25) is 5.02 Å². The van der Waals surface area contributed by atoms with Gasteiger partial charge in [0.2, 0.25) is 0 Å². The van der Waals surface area contributed by atoms with Gasteiger partial charge in [-0.3, -0.25) is 0 Å². The standard InChI is InChI=1S/C11H14Br2ClNO2S2/c12-5-1-3-8-4-2-6-15(8)19(16,17)10-7-9(14)11(13)18-10/h7-8H,1-6H2. The van der Waals surface area contributed by atoms with E-state index in [9.17, 15) is 8.42 Å². The first-order valence-electron chi connectivity index (χ1n) is 5.99. The van der Waals surface area contributed by atoms with Crippen LogP contribution in [0.4, 0.5) is 0 Å². The van der Waals surface area contributed by atoms with Gasteiger partial charge in [-0.2, -0.15) is 4.31 Å². The number of sulfonamides is 1. The van der Waals surface area contributed by atoms with Gasteiger partial charge < -0.3 is 0 Å². The molecule has 1 aliphatic rings. The minimum absolute atomic E-state index is 0.127. The predicted octanol–water partition coefficient (Wildman–Crippen LogP) is 4.49. The molecule has 8 heteroatoms. The molecule has 3 nitrogen and oxygen atoms in total. The molecule has 0 aromatic carbocycles. The van der Waals surface area contributed by atoms with Gasteiger partial charge in [0.1, 0.15) is 4.21 Å². The third kappa shape index (κ3) is 3.55. The first kappa shape index (κ1) is 16.2. The van der Waals surface area contributed by atoms with Gasteiger partial charge in [-0.1, -0.05) is 27.5 Å². The summed E-state index contributed by atoms with van der Waals surface area (Å²) in [7, 11) is -3.40. The average Bonchev–Trinajstić information content (AvgIpc) is 2.95. The fourth-order valence-corrected chi connectivity index (χ4v) is 6.87. The Bertz CT molecular complexity index is 527. The molecule has 1 aromatic heterocycles. The molecule has 0 N–H and O–H groups in total. The molecule has 1 saturated heterocycles. The second-order valence-corrected chi connectivity index (χ2v) is 10.1. The van der Waals surface area contributed by atoms with Gasteiger partial charge in [0.15, 0.2) is 0 Å². The van der Waals surface area contributed by atoms with Crippen molar-refractivity contribution in [1.82, 2.24) is 4.31 Å². The Morgan fingerprint density at radius 2 is 2.26 bits per heavy atom. The van der Waals surface area contributed by atoms with Gasteiger partial charge in [-0.05, 0) is 47.7 Å². The van der Waals surface area contributed by atoms with Gasteiger partial charge in [0.25, 0.3) is 10.0 Å². The number of hydrogen-bond donors (Lipinski definition) is 0. The lowest BCUT2D eigenvalue weighted by Gasteiger charge is -2.23. The van der Waals surface area contributed by atoms with Crippen molar-refractivity contribution in [3.05, 3.63) is 14.9 Å². The third-order valence-corrected chi connectivity index (χ3v) is 8.62. The molecule has 0 spiro atoms. The van der Waals surface area contributed by atoms with Gasteiger partial charge in [0.05, 0.1) is 8.81 Å². The van der Waals surface area contributed by atoms with Crippen LogP contribution in [0.1, 0.15) is 25.7 Å². The Labute approximate surface area is 139 Å². The number of halogens is 3. The topological polar surface area (TPSA) is 37.4 Å². The molecule has 2 heterocycles. The quantitative estimate of drug-likeness (QED) is 0.619. The first-order chi connectivity index (χ1) is 8.96. The van der Waals surface area contributed by atoms with Crippen molar-refractivity contribution in [1.29, 1.82) is 0 Å². The second kappa shape index (κ2) is 6.75. The molecule has 1 aromatic rings. The van der Waals surface area contributed by atoms with E-state index in [1.165, 1.54) is 17.4 Å². The van der Waals surface area contributed by atoms with E-state index in [0.29, 0.717) is 19.6 Å². The summed E-state index contributed by atoms with van der Waals surface area (Å²) in [6, 6.07) is 1.66. The normalized spacial score (nSPS) is 21.1. The Hall–Kier alpha value is 0.860. The zero-order valence-corrected chi connectivity index (χ0v) is 15.7. The van der Waals surface area contributed by atoms with Crippen LogP contribution in [0.3, 0.4) is 0 Å². The molecule has 0 aliphatic carbocycles. The lowest BCUT2D eigenvalue weighted by Crippen LogP contribution is -2.35. The van der Waals surface area contributed by atoms with Gasteiger partial charge in [0, 0.05) is 17.9 Å². The summed E-state index contributed by atoms with van der Waals surface area (Å²) in [5.74, 6) is 0. The van der Waals surface area contributed by atoms with E-state index in [4.69, 9.17) is 11.6 Å². The van der Waals surface area contributed by atoms with Crippen molar-refractivity contribution in [3.8, 4) is 0 Å². The number of thiophene rings is 1. The van der Waals surface area contributed by atoms with E-state index in [1.54, 1.807) is 4.31 Å². The summed E-state index contributed by atoms with van der Waals surface area (Å²) in [6.45, 7) is 0.614. The van der Waals surface area contributed by atoms with Crippen LogP contribution in [0.5, 0.6) is 0 Å². The summed E-state index contributed by atoms with van der Waals surface area (Å²) in [5, 5.41) is 1.37. The van der Waals surface area contributed by atoms with Crippen LogP contribution in [-0.4, -0.2) is 30.6 Å². The summed E-state index contributed by atoms with van der Waals surface area (Å²) in [5.41, 5.74) is 0. The highest BCUT2D eigenvalue weighted by molar-refractivity contribution is 9.11. The molecule has 1 aliphatic heterocycles. The maximum absolute atomic E-state index is 12.6. The van der Waals surface area contributed by atoms with E-state index in [-0.39, 0.29) is 6.04 Å². The van der Waals surface area contributed by atoms with Crippen LogP contribution in [0.25, 0.3) is 0 Å². The van der Waals surface area contributed by atoms with Crippen molar-refractivity contribution < 1.29 is 8.42 Å². The first-order valence-corrected chi connectivity index (χ1v) is 10.5. The number of alkyl halides is 1. The molecule has 1 fully saturated rings. The minimum Gasteiger partial charge on any atom is -0.206 e. The van der Waals surface area contributed by atoms with Crippen LogP contribution in [-0.2, 0) is 10.0 Å². The van der Waals surface area contributed by atoms with Crippen molar-refractivity contribution in [2.24, 2.45) is 0 Å². The van der Waals surface area contributed by atoms with Gasteiger partial charge in [-0.25, -0.2) is 8.42 Å². The summed E-state index contributed by atoms with van der Waals surface area (Å²) in [6.07, 6.45) is 3.79. The summed E-state index contributed by atoms with van der Waals surface area (Å²) >= 11 is 13.8. The second-order valence-electron chi connectivity index (χ2n) is 4.43. The summed E-state index contributed by atoms with van der Waals surface area (Å²) < 4.78 is 27.9. The molecule has 19 heavy (non-hydrogen) atoms. The van der Waals surface area contributed by atoms with Crippen molar-refractivity contribution in [3.63, 3.8) is 0 Å². The third-order valence-electron chi connectivity index (χ3n) is 3.18. The van der Waals surface area contributed by atoms with E-state index in [1.807, 2.05) is 0 Å². The van der Waals surface area contributed by atoms with Crippen LogP contribution in [0, 0.1) is 0 Å². The molecular formula is C11H14Br2ClNO2S2. The Balaban J connectivity index is 2.23. The number of hydrogen-bond acceptors (Lipinski definition) is 3. The van der Waals surface area contributed by atoms with Crippen LogP contribution < -0.4 is 0 Å². The smallest absolute Gasteiger partial charge is 0.206 e. The lowest BCUT2D eigenvalue weighted by atomic mass is 10.1. The van der Waals surface area contributed by atoms with Gasteiger partial charge >= 0.3 is 0 Å². The molecule has 2 rings (SSSR count). The van der Waals surface area contributed by atoms with Crippen molar-refractivity contribution in [2.45, 2.75) is 35.9 Å². The highest BCUT2D eigenvalue weighted by Gasteiger charge is 2.36. The molecule has 1 unspecified atom stereocenters. The van der Waals surface area contributed by atoms with Crippen LogP contribution in [0.15, 0.2) is 14.1 Å². The summed E-state index contributed by atoms with van der Waals surface area (Å²) in [4.78, 5) is 0. The Morgan fingerprint density at radius 1 is 1.53 bits per heavy atom. The van der Waals surface area contributed by atoms with Crippen molar-refractivity contribution >= 4 is 64.8 Å². The molecular weight excluding hydrogens is 438 g/mol. The molecule has 0 amide bonds. The zero-order chi connectivity index (χ0) is 14.0. The van der Waals surface area contributed by atoms with Crippen LogP contribution >= 0.6 is 54.8 Å². The Morgan fingerprint density at radius 3 is 2.84 bits per heavy atom. The van der Waals surface area contributed by atoms with E-state index in [2.05, 4.69) is 31.9 Å². The molecule has 108 valence electrons. The van der Waals surface area contributed by atoms with E-state index < -0.39 is 10.0 Å². The largest absolute Gasteiger partial charge is 0.252 e. The minimum atomic E-state index is -3.40. The number of rotatable bonds is 5. The lowest BCUT2D eigenvalue weighted by molar-refractivity contribution is 0.370. The van der Waals surface area contributed by atoms with E-state index in [0.717, 1.165) is 31.0 Å². The number of nitrogens with zero attached hydrogens (tertiary/aromatic N) is 1. The predicted molar refractivity (Wildman–Crippen MR) is 87.0 cm³/mol. The van der Waals surface area contributed by atoms with Gasteiger partial charge in [-0.15, -0.1) is 11.3 Å². The highest BCUT2D eigenvalue weighted by Crippen LogP contribution is 2.38.